The Morgan fingerprint density at radius 3 is 2.47 bits per heavy atom. The third kappa shape index (κ3) is 4.64. The van der Waals surface area contributed by atoms with Gasteiger partial charge in [-0.1, -0.05) is 23.7 Å². The zero-order valence-corrected chi connectivity index (χ0v) is 20.5. The van der Waals surface area contributed by atoms with Crippen molar-refractivity contribution in [1.29, 1.82) is 0 Å². The van der Waals surface area contributed by atoms with Gasteiger partial charge < -0.3 is 20.4 Å². The highest BCUT2D eigenvalue weighted by Gasteiger charge is 2.17. The first-order valence-corrected chi connectivity index (χ1v) is 11.5. The molecule has 3 aromatic heterocycles. The highest BCUT2D eigenvalue weighted by atomic mass is 35.5. The van der Waals surface area contributed by atoms with Crippen LogP contribution in [0.2, 0.25) is 5.02 Å². The largest absolute Gasteiger partial charge is 0.453 e. The molecule has 0 radical (unpaired) electrons. The number of benzene rings is 2. The summed E-state index contributed by atoms with van der Waals surface area (Å²) < 4.78 is 35.7. The van der Waals surface area contributed by atoms with Gasteiger partial charge in [-0.15, -0.1) is 0 Å². The normalized spacial score (nSPS) is 10.9. The van der Waals surface area contributed by atoms with Gasteiger partial charge in [0.1, 0.15) is 28.1 Å². The second-order valence-electron chi connectivity index (χ2n) is 8.25. The second-order valence-corrected chi connectivity index (χ2v) is 8.63. The van der Waals surface area contributed by atoms with E-state index >= 15 is 0 Å². The molecule has 190 valence electrons. The summed E-state index contributed by atoms with van der Waals surface area (Å²) in [6.07, 6.45) is 4.46. The molecule has 0 saturated heterocycles. The van der Waals surface area contributed by atoms with Crippen LogP contribution in [0.5, 0.6) is 11.5 Å². The zero-order chi connectivity index (χ0) is 27.0. The fraction of sp³-hybridized carbons (Fsp3) is 0.0370. The number of halogens is 3. The number of hydrogen-bond acceptors (Lipinski definition) is 6. The van der Waals surface area contributed by atoms with Crippen LogP contribution in [0, 0.1) is 11.6 Å². The van der Waals surface area contributed by atoms with E-state index < -0.39 is 17.5 Å². The average molecular weight is 534 g/mol. The Morgan fingerprint density at radius 1 is 1.03 bits per heavy atom. The Morgan fingerprint density at radius 2 is 1.76 bits per heavy atom. The van der Waals surface area contributed by atoms with Gasteiger partial charge >= 0.3 is 0 Å². The lowest BCUT2D eigenvalue weighted by Gasteiger charge is -2.14. The molecule has 0 spiro atoms. The van der Waals surface area contributed by atoms with Gasteiger partial charge in [-0.05, 0) is 35.9 Å². The van der Waals surface area contributed by atoms with E-state index in [2.05, 4.69) is 15.3 Å². The number of primary amides is 1. The highest BCUT2D eigenvalue weighted by Crippen LogP contribution is 2.34. The summed E-state index contributed by atoms with van der Waals surface area (Å²) in [6.45, 7) is 0. The monoisotopic (exact) mass is 533 g/mol. The SMILES string of the molecule is Cn1cc(-c2ccc(F)cc2)c(=O)c2c(Nc3ccc(Oc4ccnc(C(N)=O)c4Cl)c(F)c3)nccc21. The molecule has 5 rings (SSSR count). The van der Waals surface area contributed by atoms with Crippen molar-refractivity contribution in [2.75, 3.05) is 5.32 Å². The number of nitrogens with two attached hydrogens (primary N) is 1. The van der Waals surface area contributed by atoms with Crippen LogP contribution in [-0.4, -0.2) is 20.4 Å². The number of ether oxygens (including phenoxy) is 1. The maximum atomic E-state index is 15.0. The molecule has 2 aromatic carbocycles. The number of fused-ring (bicyclic) bond motifs is 1. The maximum Gasteiger partial charge on any atom is 0.268 e. The van der Waals surface area contributed by atoms with Crippen LogP contribution in [0.25, 0.3) is 22.0 Å². The minimum absolute atomic E-state index is 0.00242. The molecule has 38 heavy (non-hydrogen) atoms. The number of nitrogens with one attached hydrogen (secondary N) is 1. The quantitative estimate of drug-likeness (QED) is 0.295. The molecule has 0 aliphatic rings. The fourth-order valence-corrected chi connectivity index (χ4v) is 4.19. The van der Waals surface area contributed by atoms with Crippen LogP contribution in [0.3, 0.4) is 0 Å². The molecule has 0 unspecified atom stereocenters. The van der Waals surface area contributed by atoms with Crippen molar-refractivity contribution in [3.63, 3.8) is 0 Å². The number of aromatic nitrogens is 3. The van der Waals surface area contributed by atoms with Gasteiger partial charge in [-0.25, -0.2) is 18.7 Å². The first-order chi connectivity index (χ1) is 18.2. The van der Waals surface area contributed by atoms with Crippen LogP contribution in [0.15, 0.2) is 78.0 Å². The lowest BCUT2D eigenvalue weighted by atomic mass is 10.0. The lowest BCUT2D eigenvalue weighted by molar-refractivity contribution is 0.0995. The van der Waals surface area contributed by atoms with Crippen LogP contribution in [-0.2, 0) is 7.05 Å². The molecule has 1 amide bonds. The number of pyridine rings is 3. The molecule has 0 fully saturated rings. The minimum Gasteiger partial charge on any atom is -0.453 e. The van der Waals surface area contributed by atoms with Crippen molar-refractivity contribution in [3.8, 4) is 22.6 Å². The van der Waals surface area contributed by atoms with E-state index in [1.807, 2.05) is 0 Å². The number of amides is 1. The topological polar surface area (TPSA) is 112 Å². The van der Waals surface area contributed by atoms with Crippen molar-refractivity contribution in [2.24, 2.45) is 12.8 Å². The van der Waals surface area contributed by atoms with Crippen LogP contribution in [0.4, 0.5) is 20.3 Å². The number of rotatable bonds is 6. The summed E-state index contributed by atoms with van der Waals surface area (Å²) in [5, 5.41) is 3.13. The number of carbonyl (C=O) groups excluding carboxylic acids is 1. The molecule has 0 bridgehead atoms. The van der Waals surface area contributed by atoms with Crippen molar-refractivity contribution in [3.05, 3.63) is 106 Å². The minimum atomic E-state index is -0.850. The van der Waals surface area contributed by atoms with Crippen molar-refractivity contribution in [1.82, 2.24) is 14.5 Å². The Balaban J connectivity index is 1.50. The second kappa shape index (κ2) is 9.91. The van der Waals surface area contributed by atoms with E-state index in [-0.39, 0.29) is 38.8 Å². The van der Waals surface area contributed by atoms with E-state index in [4.69, 9.17) is 22.1 Å². The average Bonchev–Trinajstić information content (AvgIpc) is 2.89. The molecule has 3 heterocycles. The number of carbonyl (C=O) groups is 1. The summed E-state index contributed by atoms with van der Waals surface area (Å²) >= 11 is 6.11. The number of anilines is 2. The Hall–Kier alpha value is -4.83. The lowest BCUT2D eigenvalue weighted by Crippen LogP contribution is -2.13. The summed E-state index contributed by atoms with van der Waals surface area (Å²) in [5.41, 5.74) is 6.51. The van der Waals surface area contributed by atoms with E-state index in [1.54, 1.807) is 23.9 Å². The van der Waals surface area contributed by atoms with Gasteiger partial charge in [0.25, 0.3) is 5.91 Å². The number of hydrogen-bond donors (Lipinski definition) is 2. The van der Waals surface area contributed by atoms with Crippen molar-refractivity contribution in [2.45, 2.75) is 0 Å². The van der Waals surface area contributed by atoms with Gasteiger partial charge in [0.15, 0.2) is 11.6 Å². The Kier molecular flexibility index (Phi) is 6.48. The molecule has 0 saturated carbocycles. The van der Waals surface area contributed by atoms with Gasteiger partial charge in [-0.2, -0.15) is 0 Å². The number of nitrogens with zero attached hydrogens (tertiary/aromatic N) is 3. The predicted octanol–water partition coefficient (Wildman–Crippen LogP) is 5.56. The fourth-order valence-electron chi connectivity index (χ4n) is 3.95. The molecule has 0 atom stereocenters. The third-order valence-corrected chi connectivity index (χ3v) is 6.13. The van der Waals surface area contributed by atoms with E-state index in [0.717, 1.165) is 6.07 Å². The van der Waals surface area contributed by atoms with Crippen molar-refractivity contribution >= 4 is 39.9 Å². The Bertz CT molecular complexity index is 1770. The van der Waals surface area contributed by atoms with Gasteiger partial charge in [0.2, 0.25) is 5.43 Å². The van der Waals surface area contributed by atoms with Gasteiger partial charge in [-0.3, -0.25) is 9.59 Å². The van der Waals surface area contributed by atoms with E-state index in [9.17, 15) is 18.4 Å². The molecule has 11 heteroatoms. The molecule has 5 aromatic rings. The first kappa shape index (κ1) is 24.8. The Labute approximate surface area is 219 Å². The first-order valence-electron chi connectivity index (χ1n) is 11.2. The van der Waals surface area contributed by atoms with Crippen LogP contribution < -0.4 is 21.2 Å². The molecule has 0 aliphatic carbocycles. The third-order valence-electron chi connectivity index (χ3n) is 5.76. The summed E-state index contributed by atoms with van der Waals surface area (Å²) in [4.78, 5) is 33.0. The molecule has 3 N–H and O–H groups in total. The number of aryl methyl sites for hydroxylation is 1. The molecular formula is C27H18ClF2N5O3. The van der Waals surface area contributed by atoms with Crippen LogP contribution in [0.1, 0.15) is 10.5 Å². The molecular weight excluding hydrogens is 516 g/mol. The summed E-state index contributed by atoms with van der Waals surface area (Å²) in [6, 6.07) is 12.7. The van der Waals surface area contributed by atoms with Crippen LogP contribution >= 0.6 is 11.6 Å². The standard InChI is InChI=1S/C27H18ClF2N5O3/c1-35-13-17(14-2-4-15(29)5-3-14)25(36)22-19(35)8-10-33-27(22)34-16-6-7-20(18(30)12-16)38-21-9-11-32-24(23(21)28)26(31)37/h2-13H,1H3,(H2,31,37)(H,33,34). The molecule has 0 aliphatic heterocycles. The highest BCUT2D eigenvalue weighted by molar-refractivity contribution is 6.34. The van der Waals surface area contributed by atoms with E-state index in [1.165, 1.54) is 54.9 Å². The smallest absolute Gasteiger partial charge is 0.268 e. The summed E-state index contributed by atoms with van der Waals surface area (Å²) in [7, 11) is 1.78. The van der Waals surface area contributed by atoms with Gasteiger partial charge in [0, 0.05) is 49.0 Å². The van der Waals surface area contributed by atoms with Gasteiger partial charge in [0.05, 0.1) is 10.9 Å². The van der Waals surface area contributed by atoms with Crippen molar-refractivity contribution < 1.29 is 18.3 Å². The zero-order valence-electron chi connectivity index (χ0n) is 19.7. The maximum absolute atomic E-state index is 15.0. The van der Waals surface area contributed by atoms with E-state index in [0.29, 0.717) is 22.3 Å². The predicted molar refractivity (Wildman–Crippen MR) is 140 cm³/mol. The summed E-state index contributed by atoms with van der Waals surface area (Å²) in [5.74, 6) is -1.96. The molecule has 8 nitrogen and oxygen atoms in total.